The van der Waals surface area contributed by atoms with Crippen molar-refractivity contribution in [2.24, 2.45) is 0 Å². The predicted molar refractivity (Wildman–Crippen MR) is 101 cm³/mol. The number of morpholine rings is 1. The highest BCUT2D eigenvalue weighted by atomic mass is 16.5. The first-order chi connectivity index (χ1) is 12.0. The van der Waals surface area contributed by atoms with Gasteiger partial charge in [-0.1, -0.05) is 37.0 Å². The van der Waals surface area contributed by atoms with Gasteiger partial charge in [0.25, 0.3) is 5.91 Å². The lowest BCUT2D eigenvalue weighted by molar-refractivity contribution is -0.0361. The molecule has 4 nitrogen and oxygen atoms in total. The standard InChI is InChI=1S/C21H32N2O2/c1-16-13-17(2)19(18(3)14-16)20(24)22-15-21(7-5-4-6-8-21)23-9-11-25-12-10-23/h13-14H,4-12,15H2,1-3H3,(H,22,24). The maximum atomic E-state index is 12.9. The lowest BCUT2D eigenvalue weighted by atomic mass is 9.79. The van der Waals surface area contributed by atoms with E-state index in [9.17, 15) is 4.79 Å². The summed E-state index contributed by atoms with van der Waals surface area (Å²) in [5.41, 5.74) is 4.31. The van der Waals surface area contributed by atoms with E-state index in [1.807, 2.05) is 13.8 Å². The smallest absolute Gasteiger partial charge is 0.251 e. The molecule has 3 rings (SSSR count). The van der Waals surface area contributed by atoms with Gasteiger partial charge in [0.2, 0.25) is 0 Å². The Morgan fingerprint density at radius 1 is 1.08 bits per heavy atom. The summed E-state index contributed by atoms with van der Waals surface area (Å²) < 4.78 is 5.54. The van der Waals surface area contributed by atoms with Crippen LogP contribution in [-0.4, -0.2) is 49.2 Å². The molecule has 2 fully saturated rings. The van der Waals surface area contributed by atoms with Gasteiger partial charge >= 0.3 is 0 Å². The molecule has 1 aromatic carbocycles. The first kappa shape index (κ1) is 18.4. The summed E-state index contributed by atoms with van der Waals surface area (Å²) in [5.74, 6) is 0.0770. The van der Waals surface area contributed by atoms with E-state index in [1.54, 1.807) is 0 Å². The summed E-state index contributed by atoms with van der Waals surface area (Å²) in [6.45, 7) is 10.5. The third-order valence-corrected chi connectivity index (χ3v) is 5.95. The Balaban J connectivity index is 1.74. The number of nitrogens with zero attached hydrogens (tertiary/aromatic N) is 1. The van der Waals surface area contributed by atoms with Crippen LogP contribution < -0.4 is 5.32 Å². The normalized spacial score (nSPS) is 21.1. The second-order valence-corrected chi connectivity index (χ2v) is 7.84. The van der Waals surface area contributed by atoms with Gasteiger partial charge in [0.05, 0.1) is 13.2 Å². The molecule has 0 bridgehead atoms. The van der Waals surface area contributed by atoms with E-state index < -0.39 is 0 Å². The second kappa shape index (κ2) is 7.88. The molecule has 0 atom stereocenters. The molecule has 25 heavy (non-hydrogen) atoms. The van der Waals surface area contributed by atoms with Gasteiger partial charge in [-0.25, -0.2) is 0 Å². The Morgan fingerprint density at radius 2 is 1.68 bits per heavy atom. The summed E-state index contributed by atoms with van der Waals surface area (Å²) in [6, 6.07) is 4.19. The van der Waals surface area contributed by atoms with Gasteiger partial charge in [0, 0.05) is 30.7 Å². The molecule has 1 saturated carbocycles. The van der Waals surface area contributed by atoms with Crippen LogP contribution in [0.25, 0.3) is 0 Å². The monoisotopic (exact) mass is 344 g/mol. The molecule has 1 aromatic rings. The Labute approximate surface area is 151 Å². The quantitative estimate of drug-likeness (QED) is 0.910. The van der Waals surface area contributed by atoms with Crippen molar-refractivity contribution in [2.45, 2.75) is 58.4 Å². The molecular formula is C21H32N2O2. The molecule has 1 saturated heterocycles. The summed E-state index contributed by atoms with van der Waals surface area (Å²) in [7, 11) is 0. The van der Waals surface area contributed by atoms with E-state index in [0.717, 1.165) is 49.5 Å². The van der Waals surface area contributed by atoms with E-state index in [4.69, 9.17) is 4.74 Å². The van der Waals surface area contributed by atoms with Gasteiger partial charge in [0.1, 0.15) is 0 Å². The molecule has 4 heteroatoms. The average molecular weight is 344 g/mol. The maximum absolute atomic E-state index is 12.9. The van der Waals surface area contributed by atoms with E-state index in [0.29, 0.717) is 0 Å². The number of benzene rings is 1. The lowest BCUT2D eigenvalue weighted by Crippen LogP contribution is -2.59. The van der Waals surface area contributed by atoms with Crippen LogP contribution in [0, 0.1) is 20.8 Å². The predicted octanol–water partition coefficient (Wildman–Crippen LogP) is 3.38. The molecule has 138 valence electrons. The topological polar surface area (TPSA) is 41.6 Å². The molecule has 2 aliphatic rings. The van der Waals surface area contributed by atoms with Crippen LogP contribution in [-0.2, 0) is 4.74 Å². The minimum atomic E-state index is 0.0770. The fourth-order valence-electron chi connectivity index (χ4n) is 4.72. The second-order valence-electron chi connectivity index (χ2n) is 7.84. The minimum absolute atomic E-state index is 0.0770. The third kappa shape index (κ3) is 4.06. The zero-order chi connectivity index (χ0) is 17.9. The largest absolute Gasteiger partial charge is 0.379 e. The molecule has 0 radical (unpaired) electrons. The van der Waals surface area contributed by atoms with Crippen molar-refractivity contribution in [3.63, 3.8) is 0 Å². The summed E-state index contributed by atoms with van der Waals surface area (Å²) in [5, 5.41) is 3.29. The van der Waals surface area contributed by atoms with Crippen molar-refractivity contribution in [3.8, 4) is 0 Å². The van der Waals surface area contributed by atoms with Gasteiger partial charge in [-0.15, -0.1) is 0 Å². The van der Waals surface area contributed by atoms with E-state index >= 15 is 0 Å². The van der Waals surface area contributed by atoms with Gasteiger partial charge < -0.3 is 10.1 Å². The highest BCUT2D eigenvalue weighted by molar-refractivity contribution is 5.97. The van der Waals surface area contributed by atoms with E-state index in [2.05, 4.69) is 29.3 Å². The molecule has 1 heterocycles. The SMILES string of the molecule is Cc1cc(C)c(C(=O)NCC2(N3CCOCC3)CCCCC2)c(C)c1. The van der Waals surface area contributed by atoms with Crippen molar-refractivity contribution in [2.75, 3.05) is 32.8 Å². The van der Waals surface area contributed by atoms with Crippen LogP contribution in [0.2, 0.25) is 0 Å². The molecule has 1 aliphatic heterocycles. The Hall–Kier alpha value is -1.39. The van der Waals surface area contributed by atoms with Crippen molar-refractivity contribution in [1.29, 1.82) is 0 Å². The Bertz CT molecular complexity index is 591. The van der Waals surface area contributed by atoms with Crippen LogP contribution in [0.3, 0.4) is 0 Å². The van der Waals surface area contributed by atoms with Crippen LogP contribution >= 0.6 is 0 Å². The number of amides is 1. The number of rotatable bonds is 4. The first-order valence-electron chi connectivity index (χ1n) is 9.71. The number of aryl methyl sites for hydroxylation is 3. The highest BCUT2D eigenvalue weighted by Gasteiger charge is 2.38. The molecule has 0 aromatic heterocycles. The van der Waals surface area contributed by atoms with Crippen molar-refractivity contribution in [3.05, 3.63) is 34.4 Å². The zero-order valence-corrected chi connectivity index (χ0v) is 16.0. The maximum Gasteiger partial charge on any atom is 0.251 e. The average Bonchev–Trinajstić information content (AvgIpc) is 2.61. The Morgan fingerprint density at radius 3 is 2.28 bits per heavy atom. The molecule has 1 N–H and O–H groups in total. The highest BCUT2D eigenvalue weighted by Crippen LogP contribution is 2.34. The van der Waals surface area contributed by atoms with Gasteiger partial charge in [0.15, 0.2) is 0 Å². The molecule has 1 aliphatic carbocycles. The Kier molecular flexibility index (Phi) is 5.80. The zero-order valence-electron chi connectivity index (χ0n) is 16.0. The number of carbonyl (C=O) groups is 1. The van der Waals surface area contributed by atoms with Gasteiger partial charge in [-0.3, -0.25) is 9.69 Å². The first-order valence-corrected chi connectivity index (χ1v) is 9.71. The van der Waals surface area contributed by atoms with E-state index in [-0.39, 0.29) is 11.4 Å². The van der Waals surface area contributed by atoms with Crippen molar-refractivity contribution >= 4 is 5.91 Å². The summed E-state index contributed by atoms with van der Waals surface area (Å²) in [4.78, 5) is 15.5. The van der Waals surface area contributed by atoms with Crippen molar-refractivity contribution in [1.82, 2.24) is 10.2 Å². The molecule has 0 unspecified atom stereocenters. The fourth-order valence-corrected chi connectivity index (χ4v) is 4.72. The van der Waals surface area contributed by atoms with Crippen LogP contribution in [0.5, 0.6) is 0 Å². The lowest BCUT2D eigenvalue weighted by Gasteiger charge is -2.48. The third-order valence-electron chi connectivity index (χ3n) is 5.95. The number of hydrogen-bond donors (Lipinski definition) is 1. The van der Waals surface area contributed by atoms with Crippen LogP contribution in [0.4, 0.5) is 0 Å². The van der Waals surface area contributed by atoms with Gasteiger partial charge in [-0.05, 0) is 44.7 Å². The molecular weight excluding hydrogens is 312 g/mol. The molecule has 1 amide bonds. The van der Waals surface area contributed by atoms with Crippen LogP contribution in [0.15, 0.2) is 12.1 Å². The van der Waals surface area contributed by atoms with Crippen molar-refractivity contribution < 1.29 is 9.53 Å². The fraction of sp³-hybridized carbons (Fsp3) is 0.667. The van der Waals surface area contributed by atoms with Gasteiger partial charge in [-0.2, -0.15) is 0 Å². The number of ether oxygens (including phenoxy) is 1. The summed E-state index contributed by atoms with van der Waals surface area (Å²) in [6.07, 6.45) is 6.19. The number of hydrogen-bond acceptors (Lipinski definition) is 3. The minimum Gasteiger partial charge on any atom is -0.379 e. The van der Waals surface area contributed by atoms with Crippen LogP contribution in [0.1, 0.15) is 59.2 Å². The number of nitrogens with one attached hydrogen (secondary N) is 1. The summed E-state index contributed by atoms with van der Waals surface area (Å²) >= 11 is 0. The molecule has 0 spiro atoms. The number of carbonyl (C=O) groups excluding carboxylic acids is 1. The van der Waals surface area contributed by atoms with E-state index in [1.165, 1.54) is 37.7 Å².